The van der Waals surface area contributed by atoms with Gasteiger partial charge in [0, 0.05) is 10.9 Å². The van der Waals surface area contributed by atoms with Crippen LogP contribution in [-0.2, 0) is 6.18 Å². The Morgan fingerprint density at radius 2 is 1.82 bits per heavy atom. The minimum Gasteiger partial charge on any atom is -0.232 e. The zero-order valence-corrected chi connectivity index (χ0v) is 10.1. The molecule has 0 fully saturated rings. The van der Waals surface area contributed by atoms with E-state index in [0.29, 0.717) is 5.01 Å². The SMILES string of the molecule is Cc1ccc(-c2nc(C(F)(F)F)cs2)cc1C. The molecule has 0 atom stereocenters. The summed E-state index contributed by atoms with van der Waals surface area (Å²) in [7, 11) is 0. The highest BCUT2D eigenvalue weighted by Crippen LogP contribution is 2.33. The van der Waals surface area contributed by atoms with Gasteiger partial charge in [-0.05, 0) is 31.0 Å². The Morgan fingerprint density at radius 1 is 1.12 bits per heavy atom. The van der Waals surface area contributed by atoms with Gasteiger partial charge < -0.3 is 0 Å². The summed E-state index contributed by atoms with van der Waals surface area (Å²) in [5.74, 6) is 0. The number of nitrogens with zero attached hydrogens (tertiary/aromatic N) is 1. The molecule has 2 aromatic rings. The van der Waals surface area contributed by atoms with Crippen molar-refractivity contribution in [1.29, 1.82) is 0 Å². The van der Waals surface area contributed by atoms with Crippen LogP contribution in [0.25, 0.3) is 10.6 Å². The van der Waals surface area contributed by atoms with E-state index in [0.717, 1.165) is 33.4 Å². The molecule has 90 valence electrons. The molecule has 17 heavy (non-hydrogen) atoms. The predicted molar refractivity (Wildman–Crippen MR) is 62.0 cm³/mol. The predicted octanol–water partition coefficient (Wildman–Crippen LogP) is 4.45. The summed E-state index contributed by atoms with van der Waals surface area (Å²) in [6.07, 6.45) is -4.37. The maximum Gasteiger partial charge on any atom is 0.434 e. The third-order valence-electron chi connectivity index (χ3n) is 2.55. The summed E-state index contributed by atoms with van der Waals surface area (Å²) in [6, 6.07) is 5.54. The molecule has 1 aromatic carbocycles. The zero-order valence-electron chi connectivity index (χ0n) is 9.30. The molecule has 1 aromatic heterocycles. The Labute approximate surface area is 101 Å². The van der Waals surface area contributed by atoms with Crippen molar-refractivity contribution in [1.82, 2.24) is 4.98 Å². The highest BCUT2D eigenvalue weighted by Gasteiger charge is 2.33. The molecule has 0 saturated carbocycles. The standard InChI is InChI=1S/C12H10F3NS/c1-7-3-4-9(5-8(7)2)11-16-10(6-17-11)12(13,14)15/h3-6H,1-2H3. The van der Waals surface area contributed by atoms with Crippen molar-refractivity contribution >= 4 is 11.3 Å². The minimum absolute atomic E-state index is 0.403. The number of rotatable bonds is 1. The van der Waals surface area contributed by atoms with Crippen LogP contribution in [0, 0.1) is 13.8 Å². The summed E-state index contributed by atoms with van der Waals surface area (Å²) < 4.78 is 37.2. The Bertz CT molecular complexity index is 543. The average molecular weight is 257 g/mol. The molecule has 1 heterocycles. The summed E-state index contributed by atoms with van der Waals surface area (Å²) in [4.78, 5) is 3.62. The van der Waals surface area contributed by atoms with Crippen molar-refractivity contribution in [2.75, 3.05) is 0 Å². The second-order valence-corrected chi connectivity index (χ2v) is 4.69. The summed E-state index contributed by atoms with van der Waals surface area (Å²) in [5.41, 5.74) is 2.07. The van der Waals surface area contributed by atoms with Gasteiger partial charge >= 0.3 is 6.18 Å². The van der Waals surface area contributed by atoms with E-state index in [1.165, 1.54) is 0 Å². The van der Waals surface area contributed by atoms with Crippen molar-refractivity contribution in [2.45, 2.75) is 20.0 Å². The van der Waals surface area contributed by atoms with Crippen LogP contribution < -0.4 is 0 Å². The smallest absolute Gasteiger partial charge is 0.232 e. The molecular weight excluding hydrogens is 247 g/mol. The normalized spacial score (nSPS) is 11.8. The topological polar surface area (TPSA) is 12.9 Å². The van der Waals surface area contributed by atoms with Gasteiger partial charge in [-0.2, -0.15) is 13.2 Å². The fraction of sp³-hybridized carbons (Fsp3) is 0.250. The van der Waals surface area contributed by atoms with Gasteiger partial charge in [0.15, 0.2) is 5.69 Å². The van der Waals surface area contributed by atoms with Crippen molar-refractivity contribution in [3.8, 4) is 10.6 Å². The monoisotopic (exact) mass is 257 g/mol. The van der Waals surface area contributed by atoms with Gasteiger partial charge in [-0.1, -0.05) is 12.1 Å². The number of hydrogen-bond donors (Lipinski definition) is 0. The van der Waals surface area contributed by atoms with Crippen molar-refractivity contribution in [3.05, 3.63) is 40.4 Å². The molecule has 0 unspecified atom stereocenters. The van der Waals surface area contributed by atoms with Gasteiger partial charge in [0.2, 0.25) is 0 Å². The first-order valence-corrected chi connectivity index (χ1v) is 5.86. The lowest BCUT2D eigenvalue weighted by molar-refractivity contribution is -0.140. The quantitative estimate of drug-likeness (QED) is 0.735. The van der Waals surface area contributed by atoms with Gasteiger partial charge in [-0.25, -0.2) is 4.98 Å². The second-order valence-electron chi connectivity index (χ2n) is 3.83. The summed E-state index contributed by atoms with van der Waals surface area (Å²) >= 11 is 1.01. The van der Waals surface area contributed by atoms with Crippen LogP contribution in [0.1, 0.15) is 16.8 Å². The molecule has 0 aliphatic carbocycles. The molecule has 1 nitrogen and oxygen atoms in total. The molecular formula is C12H10F3NS. The zero-order chi connectivity index (χ0) is 12.6. The number of alkyl halides is 3. The maximum atomic E-state index is 12.4. The summed E-state index contributed by atoms with van der Waals surface area (Å²) in [5, 5.41) is 1.45. The van der Waals surface area contributed by atoms with Gasteiger partial charge in [0.25, 0.3) is 0 Å². The Hall–Kier alpha value is -1.36. The van der Waals surface area contributed by atoms with Crippen LogP contribution >= 0.6 is 11.3 Å². The fourth-order valence-electron chi connectivity index (χ4n) is 1.41. The number of aryl methyl sites for hydroxylation is 2. The van der Waals surface area contributed by atoms with Crippen LogP contribution in [0.3, 0.4) is 0 Å². The minimum atomic E-state index is -4.37. The van der Waals surface area contributed by atoms with E-state index >= 15 is 0 Å². The first kappa shape index (κ1) is 12.1. The van der Waals surface area contributed by atoms with Crippen LogP contribution in [0.4, 0.5) is 13.2 Å². The van der Waals surface area contributed by atoms with Crippen LogP contribution in [0.5, 0.6) is 0 Å². The molecule has 0 spiro atoms. The molecule has 0 aliphatic rings. The molecule has 0 radical (unpaired) electrons. The van der Waals surface area contributed by atoms with Crippen LogP contribution in [0.2, 0.25) is 0 Å². The molecule has 0 aliphatic heterocycles. The summed E-state index contributed by atoms with van der Waals surface area (Å²) in [6.45, 7) is 3.89. The molecule has 0 saturated heterocycles. The van der Waals surface area contributed by atoms with E-state index in [1.807, 2.05) is 26.0 Å². The van der Waals surface area contributed by atoms with Crippen LogP contribution in [-0.4, -0.2) is 4.98 Å². The molecule has 5 heteroatoms. The van der Waals surface area contributed by atoms with Gasteiger partial charge in [0.05, 0.1) is 0 Å². The van der Waals surface area contributed by atoms with Crippen molar-refractivity contribution in [3.63, 3.8) is 0 Å². The lowest BCUT2D eigenvalue weighted by Gasteiger charge is -2.03. The van der Waals surface area contributed by atoms with Crippen LogP contribution in [0.15, 0.2) is 23.6 Å². The number of halogens is 3. The Kier molecular flexibility index (Phi) is 2.95. The van der Waals surface area contributed by atoms with E-state index in [2.05, 4.69) is 4.98 Å². The highest BCUT2D eigenvalue weighted by molar-refractivity contribution is 7.13. The average Bonchev–Trinajstić information content (AvgIpc) is 2.70. The van der Waals surface area contributed by atoms with Gasteiger partial charge in [0.1, 0.15) is 5.01 Å². The first-order chi connectivity index (χ1) is 7.88. The first-order valence-electron chi connectivity index (χ1n) is 4.98. The van der Waals surface area contributed by atoms with E-state index in [9.17, 15) is 13.2 Å². The van der Waals surface area contributed by atoms with Crippen molar-refractivity contribution < 1.29 is 13.2 Å². The number of thiazole rings is 1. The lowest BCUT2D eigenvalue weighted by atomic mass is 10.1. The van der Waals surface area contributed by atoms with E-state index in [1.54, 1.807) is 6.07 Å². The van der Waals surface area contributed by atoms with Gasteiger partial charge in [-0.15, -0.1) is 11.3 Å². The van der Waals surface area contributed by atoms with E-state index < -0.39 is 11.9 Å². The fourth-order valence-corrected chi connectivity index (χ4v) is 2.23. The second kappa shape index (κ2) is 4.14. The van der Waals surface area contributed by atoms with E-state index in [-0.39, 0.29) is 0 Å². The number of benzene rings is 1. The molecule has 0 N–H and O–H groups in total. The Morgan fingerprint density at radius 3 is 2.35 bits per heavy atom. The van der Waals surface area contributed by atoms with Crippen molar-refractivity contribution in [2.24, 2.45) is 0 Å². The Balaban J connectivity index is 2.40. The third kappa shape index (κ3) is 2.49. The highest BCUT2D eigenvalue weighted by atomic mass is 32.1. The largest absolute Gasteiger partial charge is 0.434 e. The molecule has 2 rings (SSSR count). The maximum absolute atomic E-state index is 12.4. The number of hydrogen-bond acceptors (Lipinski definition) is 2. The molecule has 0 amide bonds. The molecule has 0 bridgehead atoms. The van der Waals surface area contributed by atoms with E-state index in [4.69, 9.17) is 0 Å². The van der Waals surface area contributed by atoms with Gasteiger partial charge in [-0.3, -0.25) is 0 Å². The lowest BCUT2D eigenvalue weighted by Crippen LogP contribution is -2.04. The number of aromatic nitrogens is 1. The third-order valence-corrected chi connectivity index (χ3v) is 3.44.